The third-order valence-electron chi connectivity index (χ3n) is 2.83. The van der Waals surface area contributed by atoms with E-state index < -0.39 is 0 Å². The normalized spacial score (nSPS) is 23.1. The Bertz CT molecular complexity index is 295. The Labute approximate surface area is 84.9 Å². The summed E-state index contributed by atoms with van der Waals surface area (Å²) in [6.45, 7) is 6.19. The third-order valence-corrected chi connectivity index (χ3v) is 2.83. The van der Waals surface area contributed by atoms with Gasteiger partial charge in [-0.1, -0.05) is 6.92 Å². The highest BCUT2D eigenvalue weighted by molar-refractivity contribution is 5.12. The van der Waals surface area contributed by atoms with Gasteiger partial charge < -0.3 is 10.2 Å². The summed E-state index contributed by atoms with van der Waals surface area (Å²) in [7, 11) is 0. The number of nitrogens with two attached hydrogens (primary N) is 1. The van der Waals surface area contributed by atoms with Gasteiger partial charge in [0.15, 0.2) is 0 Å². The van der Waals surface area contributed by atoms with E-state index in [4.69, 9.17) is 10.2 Å². The van der Waals surface area contributed by atoms with Gasteiger partial charge in [0.2, 0.25) is 0 Å². The molecule has 78 valence electrons. The number of hydrogen-bond acceptors (Lipinski definition) is 3. The van der Waals surface area contributed by atoms with Crippen LogP contribution in [0.5, 0.6) is 0 Å². The van der Waals surface area contributed by atoms with Gasteiger partial charge in [0, 0.05) is 18.7 Å². The minimum absolute atomic E-state index is 0.569. The standard InChI is InChI=1S/C11H18N2O/c1-9-2-3-13(6-9)7-11-4-10(5-12)8-14-11/h4,8-9H,2-3,5-7,12H2,1H3. The molecule has 1 aromatic heterocycles. The first-order valence-corrected chi connectivity index (χ1v) is 5.26. The summed E-state index contributed by atoms with van der Waals surface area (Å²) in [5, 5.41) is 0. The lowest BCUT2D eigenvalue weighted by atomic mass is 10.2. The second kappa shape index (κ2) is 4.15. The summed E-state index contributed by atoms with van der Waals surface area (Å²) in [4.78, 5) is 2.43. The molecule has 2 heterocycles. The van der Waals surface area contributed by atoms with Gasteiger partial charge in [-0.3, -0.25) is 4.90 Å². The smallest absolute Gasteiger partial charge is 0.118 e. The number of likely N-dealkylation sites (tertiary alicyclic amines) is 1. The first-order chi connectivity index (χ1) is 6.78. The van der Waals surface area contributed by atoms with E-state index in [1.54, 1.807) is 6.26 Å². The molecule has 0 radical (unpaired) electrons. The van der Waals surface area contributed by atoms with E-state index in [2.05, 4.69) is 17.9 Å². The SMILES string of the molecule is CC1CCN(Cc2cc(CN)co2)C1. The first-order valence-electron chi connectivity index (χ1n) is 5.26. The molecule has 1 aliphatic rings. The van der Waals surface area contributed by atoms with Crippen molar-refractivity contribution in [3.05, 3.63) is 23.7 Å². The molecule has 2 N–H and O–H groups in total. The molecule has 0 amide bonds. The zero-order valence-corrected chi connectivity index (χ0v) is 8.70. The van der Waals surface area contributed by atoms with Gasteiger partial charge in [0.1, 0.15) is 5.76 Å². The Morgan fingerprint density at radius 1 is 1.64 bits per heavy atom. The van der Waals surface area contributed by atoms with Crippen LogP contribution in [-0.2, 0) is 13.1 Å². The van der Waals surface area contributed by atoms with Crippen molar-refractivity contribution in [1.82, 2.24) is 4.90 Å². The molecule has 1 aromatic rings. The zero-order chi connectivity index (χ0) is 9.97. The first kappa shape index (κ1) is 9.74. The number of hydrogen-bond donors (Lipinski definition) is 1. The number of nitrogens with zero attached hydrogens (tertiary/aromatic N) is 1. The highest BCUT2D eigenvalue weighted by Gasteiger charge is 2.19. The Morgan fingerprint density at radius 2 is 2.50 bits per heavy atom. The Balaban J connectivity index is 1.90. The molecule has 1 fully saturated rings. The molecule has 0 bridgehead atoms. The van der Waals surface area contributed by atoms with E-state index >= 15 is 0 Å². The van der Waals surface area contributed by atoms with Gasteiger partial charge in [0.05, 0.1) is 12.8 Å². The molecule has 14 heavy (non-hydrogen) atoms. The fourth-order valence-corrected chi connectivity index (χ4v) is 2.01. The van der Waals surface area contributed by atoms with E-state index in [1.807, 2.05) is 0 Å². The average molecular weight is 194 g/mol. The molecular weight excluding hydrogens is 176 g/mol. The Kier molecular flexibility index (Phi) is 2.89. The zero-order valence-electron chi connectivity index (χ0n) is 8.70. The van der Waals surface area contributed by atoms with E-state index in [0.29, 0.717) is 6.54 Å². The molecule has 3 nitrogen and oxygen atoms in total. The average Bonchev–Trinajstić information content (AvgIpc) is 2.76. The van der Waals surface area contributed by atoms with Crippen molar-refractivity contribution in [3.8, 4) is 0 Å². The molecule has 0 aliphatic carbocycles. The molecule has 0 spiro atoms. The maximum Gasteiger partial charge on any atom is 0.118 e. The van der Waals surface area contributed by atoms with Gasteiger partial charge in [-0.05, 0) is 24.9 Å². The predicted octanol–water partition coefficient (Wildman–Crippen LogP) is 1.58. The van der Waals surface area contributed by atoms with E-state index in [-0.39, 0.29) is 0 Å². The van der Waals surface area contributed by atoms with Crippen LogP contribution < -0.4 is 5.73 Å². The van der Waals surface area contributed by atoms with Gasteiger partial charge in [-0.25, -0.2) is 0 Å². The van der Waals surface area contributed by atoms with Crippen molar-refractivity contribution in [2.75, 3.05) is 13.1 Å². The van der Waals surface area contributed by atoms with Gasteiger partial charge in [-0.2, -0.15) is 0 Å². The second-order valence-electron chi connectivity index (χ2n) is 4.25. The van der Waals surface area contributed by atoms with Crippen LogP contribution in [-0.4, -0.2) is 18.0 Å². The van der Waals surface area contributed by atoms with Crippen molar-refractivity contribution in [3.63, 3.8) is 0 Å². The summed E-state index contributed by atoms with van der Waals surface area (Å²) in [5.41, 5.74) is 6.61. The van der Waals surface area contributed by atoms with E-state index in [1.165, 1.54) is 19.5 Å². The highest BCUT2D eigenvalue weighted by atomic mass is 16.3. The lowest BCUT2D eigenvalue weighted by Gasteiger charge is -2.12. The van der Waals surface area contributed by atoms with Crippen LogP contribution in [0.3, 0.4) is 0 Å². The van der Waals surface area contributed by atoms with Crippen LogP contribution in [0.15, 0.2) is 16.7 Å². The van der Waals surface area contributed by atoms with Crippen molar-refractivity contribution in [2.45, 2.75) is 26.4 Å². The monoisotopic (exact) mass is 194 g/mol. The fourth-order valence-electron chi connectivity index (χ4n) is 2.01. The number of rotatable bonds is 3. The van der Waals surface area contributed by atoms with Gasteiger partial charge in [-0.15, -0.1) is 0 Å². The van der Waals surface area contributed by atoms with E-state index in [0.717, 1.165) is 23.8 Å². The maximum atomic E-state index is 5.52. The second-order valence-corrected chi connectivity index (χ2v) is 4.25. The summed E-state index contributed by atoms with van der Waals surface area (Å²) >= 11 is 0. The number of furan rings is 1. The summed E-state index contributed by atoms with van der Waals surface area (Å²) in [6, 6.07) is 2.06. The van der Waals surface area contributed by atoms with Crippen LogP contribution >= 0.6 is 0 Å². The van der Waals surface area contributed by atoms with Crippen molar-refractivity contribution in [2.24, 2.45) is 11.7 Å². The Hall–Kier alpha value is -0.800. The minimum atomic E-state index is 0.569. The quantitative estimate of drug-likeness (QED) is 0.794. The molecule has 0 saturated carbocycles. The maximum absolute atomic E-state index is 5.52. The molecule has 0 aromatic carbocycles. The lowest BCUT2D eigenvalue weighted by Crippen LogP contribution is -2.19. The largest absolute Gasteiger partial charge is 0.468 e. The molecule has 2 rings (SSSR count). The van der Waals surface area contributed by atoms with Gasteiger partial charge >= 0.3 is 0 Å². The van der Waals surface area contributed by atoms with Crippen LogP contribution in [0, 0.1) is 5.92 Å². The lowest BCUT2D eigenvalue weighted by molar-refractivity contribution is 0.289. The van der Waals surface area contributed by atoms with E-state index in [9.17, 15) is 0 Å². The van der Waals surface area contributed by atoms with Gasteiger partial charge in [0.25, 0.3) is 0 Å². The van der Waals surface area contributed by atoms with Crippen LogP contribution in [0.1, 0.15) is 24.7 Å². The van der Waals surface area contributed by atoms with Crippen LogP contribution in [0.2, 0.25) is 0 Å². The summed E-state index contributed by atoms with van der Waals surface area (Å²) < 4.78 is 5.43. The molecule has 1 unspecified atom stereocenters. The van der Waals surface area contributed by atoms with Crippen LogP contribution in [0.25, 0.3) is 0 Å². The topological polar surface area (TPSA) is 42.4 Å². The molecule has 1 saturated heterocycles. The molecule has 1 atom stereocenters. The molecular formula is C11H18N2O. The van der Waals surface area contributed by atoms with Crippen molar-refractivity contribution < 1.29 is 4.42 Å². The summed E-state index contributed by atoms with van der Waals surface area (Å²) in [5.74, 6) is 1.87. The molecule has 3 heteroatoms. The third kappa shape index (κ3) is 2.16. The molecule has 1 aliphatic heterocycles. The minimum Gasteiger partial charge on any atom is -0.468 e. The summed E-state index contributed by atoms with van der Waals surface area (Å²) in [6.07, 6.45) is 3.07. The van der Waals surface area contributed by atoms with Crippen molar-refractivity contribution >= 4 is 0 Å². The Morgan fingerprint density at radius 3 is 3.07 bits per heavy atom. The van der Waals surface area contributed by atoms with Crippen molar-refractivity contribution in [1.29, 1.82) is 0 Å². The highest BCUT2D eigenvalue weighted by Crippen LogP contribution is 2.18. The van der Waals surface area contributed by atoms with Crippen LogP contribution in [0.4, 0.5) is 0 Å². The predicted molar refractivity (Wildman–Crippen MR) is 55.7 cm³/mol. The fraction of sp³-hybridized carbons (Fsp3) is 0.636.